The zero-order valence-corrected chi connectivity index (χ0v) is 8.38. The van der Waals surface area contributed by atoms with E-state index < -0.39 is 27.0 Å². The Balaban J connectivity index is 2.65. The van der Waals surface area contributed by atoms with Crippen LogP contribution in [0.4, 0.5) is 0 Å². The number of sulfone groups is 1. The summed E-state index contributed by atoms with van der Waals surface area (Å²) >= 11 is 0. The second-order valence-electron chi connectivity index (χ2n) is 3.42. The fraction of sp³-hybridized carbons (Fsp3) is 0.875. The molecule has 1 aliphatic carbocycles. The summed E-state index contributed by atoms with van der Waals surface area (Å²) in [5, 5.41) is 8.26. The lowest BCUT2D eigenvalue weighted by molar-refractivity contribution is -0.141. The summed E-state index contributed by atoms with van der Waals surface area (Å²) in [4.78, 5) is 10.6. The van der Waals surface area contributed by atoms with Gasteiger partial charge in [-0.25, -0.2) is 8.42 Å². The molecular formula is C8H14O4S. The van der Waals surface area contributed by atoms with Gasteiger partial charge in [-0.3, -0.25) is 4.79 Å². The molecule has 5 heteroatoms. The van der Waals surface area contributed by atoms with Crippen molar-refractivity contribution >= 4 is 15.8 Å². The van der Waals surface area contributed by atoms with Crippen LogP contribution in [-0.2, 0) is 14.6 Å². The zero-order chi connectivity index (χ0) is 10.1. The lowest BCUT2D eigenvalue weighted by atomic mass is 10.1. The molecule has 4 nitrogen and oxygen atoms in total. The second kappa shape index (κ2) is 3.65. The smallest absolute Gasteiger partial charge is 0.306 e. The van der Waals surface area contributed by atoms with Crippen molar-refractivity contribution in [2.75, 3.05) is 5.75 Å². The number of carboxylic acids is 1. The maximum absolute atomic E-state index is 11.4. The Morgan fingerprint density at radius 3 is 2.46 bits per heavy atom. The van der Waals surface area contributed by atoms with Crippen molar-refractivity contribution in [1.82, 2.24) is 0 Å². The predicted molar refractivity (Wildman–Crippen MR) is 48.2 cm³/mol. The molecule has 0 aromatic heterocycles. The molecule has 1 aliphatic rings. The first kappa shape index (κ1) is 10.5. The first-order chi connectivity index (χ1) is 5.97. The Labute approximate surface area is 77.9 Å². The van der Waals surface area contributed by atoms with Crippen molar-refractivity contribution in [2.45, 2.75) is 31.4 Å². The molecule has 13 heavy (non-hydrogen) atoms. The minimum atomic E-state index is -3.03. The molecule has 0 aromatic rings. The van der Waals surface area contributed by atoms with Gasteiger partial charge in [0.2, 0.25) is 0 Å². The first-order valence-corrected chi connectivity index (χ1v) is 6.13. The summed E-state index contributed by atoms with van der Waals surface area (Å²) in [6.45, 7) is 1.60. The highest BCUT2D eigenvalue weighted by Gasteiger charge is 2.36. The van der Waals surface area contributed by atoms with Crippen molar-refractivity contribution in [1.29, 1.82) is 0 Å². The molecule has 0 unspecified atom stereocenters. The number of aliphatic carboxylic acids is 1. The third-order valence-electron chi connectivity index (χ3n) is 2.64. The van der Waals surface area contributed by atoms with E-state index in [0.29, 0.717) is 19.3 Å². The van der Waals surface area contributed by atoms with Crippen LogP contribution in [0.25, 0.3) is 0 Å². The topological polar surface area (TPSA) is 71.4 Å². The van der Waals surface area contributed by atoms with E-state index in [1.807, 2.05) is 0 Å². The maximum atomic E-state index is 11.4. The molecule has 1 N–H and O–H groups in total. The van der Waals surface area contributed by atoms with E-state index in [-0.39, 0.29) is 5.75 Å². The number of carbonyl (C=O) groups is 1. The molecule has 76 valence electrons. The van der Waals surface area contributed by atoms with Crippen molar-refractivity contribution in [3.63, 3.8) is 0 Å². The number of carboxylic acid groups (broad SMARTS) is 1. The molecule has 1 rings (SSSR count). The number of hydrogen-bond acceptors (Lipinski definition) is 3. The summed E-state index contributed by atoms with van der Waals surface area (Å²) < 4.78 is 22.8. The highest BCUT2D eigenvalue weighted by molar-refractivity contribution is 7.92. The molecule has 0 bridgehead atoms. The van der Waals surface area contributed by atoms with Gasteiger partial charge in [0.1, 0.15) is 0 Å². The second-order valence-corrected chi connectivity index (χ2v) is 5.99. The van der Waals surface area contributed by atoms with Crippen LogP contribution in [0, 0.1) is 5.92 Å². The standard InChI is InChI=1S/C8H14O4S/c1-2-13(11,12)7-4-3-6(5-7)8(9)10/h6-7H,2-5H2,1H3,(H,9,10)/t6-,7+/m1/s1. The van der Waals surface area contributed by atoms with Crippen LogP contribution in [-0.4, -0.2) is 30.5 Å². The Bertz CT molecular complexity index is 293. The summed E-state index contributed by atoms with van der Waals surface area (Å²) in [7, 11) is -3.03. The summed E-state index contributed by atoms with van der Waals surface area (Å²) in [5.41, 5.74) is 0. The SMILES string of the molecule is CCS(=O)(=O)[C@H]1CC[C@@H](C(=O)O)C1. The first-order valence-electron chi connectivity index (χ1n) is 4.41. The van der Waals surface area contributed by atoms with Crippen LogP contribution >= 0.6 is 0 Å². The van der Waals surface area contributed by atoms with Gasteiger partial charge >= 0.3 is 5.97 Å². The zero-order valence-electron chi connectivity index (χ0n) is 7.56. The van der Waals surface area contributed by atoms with E-state index in [4.69, 9.17) is 5.11 Å². The van der Waals surface area contributed by atoms with Crippen LogP contribution in [0.2, 0.25) is 0 Å². The Hall–Kier alpha value is -0.580. The summed E-state index contributed by atoms with van der Waals surface area (Å²) in [5.74, 6) is -1.20. The molecule has 1 saturated carbocycles. The molecule has 0 amide bonds. The van der Waals surface area contributed by atoms with E-state index in [2.05, 4.69) is 0 Å². The van der Waals surface area contributed by atoms with Crippen LogP contribution in [0.1, 0.15) is 26.2 Å². The normalized spacial score (nSPS) is 29.0. The fourth-order valence-corrected chi connectivity index (χ4v) is 3.22. The van der Waals surface area contributed by atoms with Crippen LogP contribution in [0.3, 0.4) is 0 Å². The van der Waals surface area contributed by atoms with E-state index in [1.165, 1.54) is 0 Å². The van der Waals surface area contributed by atoms with E-state index in [9.17, 15) is 13.2 Å². The van der Waals surface area contributed by atoms with Gasteiger partial charge in [-0.05, 0) is 19.3 Å². The molecule has 0 saturated heterocycles. The van der Waals surface area contributed by atoms with E-state index in [1.54, 1.807) is 6.92 Å². The lowest BCUT2D eigenvalue weighted by Crippen LogP contribution is -2.21. The van der Waals surface area contributed by atoms with Gasteiger partial charge in [0.05, 0.1) is 11.2 Å². The highest BCUT2D eigenvalue weighted by Crippen LogP contribution is 2.30. The van der Waals surface area contributed by atoms with Gasteiger partial charge in [0.25, 0.3) is 0 Å². The lowest BCUT2D eigenvalue weighted by Gasteiger charge is -2.08. The third kappa shape index (κ3) is 2.21. The maximum Gasteiger partial charge on any atom is 0.306 e. The van der Waals surface area contributed by atoms with Crippen LogP contribution in [0.15, 0.2) is 0 Å². The molecular weight excluding hydrogens is 192 g/mol. The minimum absolute atomic E-state index is 0.115. The molecule has 2 atom stereocenters. The van der Waals surface area contributed by atoms with E-state index >= 15 is 0 Å². The van der Waals surface area contributed by atoms with Crippen molar-refractivity contribution < 1.29 is 18.3 Å². The van der Waals surface area contributed by atoms with Crippen LogP contribution in [0.5, 0.6) is 0 Å². The molecule has 0 aromatic carbocycles. The number of rotatable bonds is 3. The molecule has 0 aliphatic heterocycles. The van der Waals surface area contributed by atoms with Gasteiger partial charge in [-0.15, -0.1) is 0 Å². The van der Waals surface area contributed by atoms with Gasteiger partial charge in [0.15, 0.2) is 9.84 Å². The monoisotopic (exact) mass is 206 g/mol. The molecule has 0 heterocycles. The van der Waals surface area contributed by atoms with Gasteiger partial charge in [-0.1, -0.05) is 6.92 Å². The average Bonchev–Trinajstić information content (AvgIpc) is 2.52. The van der Waals surface area contributed by atoms with Gasteiger partial charge in [-0.2, -0.15) is 0 Å². The van der Waals surface area contributed by atoms with Crippen molar-refractivity contribution in [2.24, 2.45) is 5.92 Å². The fourth-order valence-electron chi connectivity index (χ4n) is 1.73. The number of hydrogen-bond donors (Lipinski definition) is 1. The highest BCUT2D eigenvalue weighted by atomic mass is 32.2. The Kier molecular flexibility index (Phi) is 2.95. The van der Waals surface area contributed by atoms with Crippen molar-refractivity contribution in [3.05, 3.63) is 0 Å². The summed E-state index contributed by atoms with van der Waals surface area (Å²) in [6, 6.07) is 0. The predicted octanol–water partition coefficient (Wildman–Crippen LogP) is 0.674. The minimum Gasteiger partial charge on any atom is -0.481 e. The van der Waals surface area contributed by atoms with E-state index in [0.717, 1.165) is 0 Å². The quantitative estimate of drug-likeness (QED) is 0.736. The summed E-state index contributed by atoms with van der Waals surface area (Å²) in [6.07, 6.45) is 1.30. The van der Waals surface area contributed by atoms with Crippen LogP contribution < -0.4 is 0 Å². The van der Waals surface area contributed by atoms with Gasteiger partial charge in [0, 0.05) is 5.75 Å². The average molecular weight is 206 g/mol. The van der Waals surface area contributed by atoms with Gasteiger partial charge < -0.3 is 5.11 Å². The molecule has 0 radical (unpaired) electrons. The van der Waals surface area contributed by atoms with Crippen molar-refractivity contribution in [3.8, 4) is 0 Å². The Morgan fingerprint density at radius 1 is 1.46 bits per heavy atom. The molecule has 1 fully saturated rings. The largest absolute Gasteiger partial charge is 0.481 e. The Morgan fingerprint density at radius 2 is 2.08 bits per heavy atom. The third-order valence-corrected chi connectivity index (χ3v) is 4.89. The molecule has 0 spiro atoms.